The van der Waals surface area contributed by atoms with E-state index < -0.39 is 23.9 Å². The molecule has 94 valence electrons. The Morgan fingerprint density at radius 2 is 1.88 bits per heavy atom. The van der Waals surface area contributed by atoms with Crippen LogP contribution in [0.3, 0.4) is 0 Å². The van der Waals surface area contributed by atoms with Crippen molar-refractivity contribution in [3.8, 4) is 0 Å². The molecule has 0 spiro atoms. The Morgan fingerprint density at radius 1 is 1.31 bits per heavy atom. The van der Waals surface area contributed by atoms with Crippen molar-refractivity contribution in [2.45, 2.75) is 59.0 Å². The molecule has 0 aromatic heterocycles. The van der Waals surface area contributed by atoms with E-state index in [1.54, 1.807) is 0 Å². The minimum Gasteiger partial charge on any atom is -0.299 e. The molecule has 4 heteroatoms. The summed E-state index contributed by atoms with van der Waals surface area (Å²) in [5, 5.41) is 2.81. The zero-order valence-corrected chi connectivity index (χ0v) is 10.4. The molecule has 2 nitrogen and oxygen atoms in total. The predicted octanol–water partition coefficient (Wildman–Crippen LogP) is 2.62. The Bertz CT molecular complexity index is 260. The first-order valence-electron chi connectivity index (χ1n) is 5.82. The molecule has 1 aliphatic rings. The first-order chi connectivity index (χ1) is 7.23. The van der Waals surface area contributed by atoms with Gasteiger partial charge in [0.1, 0.15) is 0 Å². The van der Waals surface area contributed by atoms with Crippen molar-refractivity contribution in [3.05, 3.63) is 0 Å². The normalized spacial score (nSPS) is 31.8. The van der Waals surface area contributed by atoms with Gasteiger partial charge in [-0.2, -0.15) is 0 Å². The first kappa shape index (κ1) is 13.6. The standard InChI is InChI=1S/C12H21F2NO/c1-7-5-6-8(11(13)14)15-9(7)10(16)12(2,3)4/h7-9,11,15H,5-6H2,1-4H3. The van der Waals surface area contributed by atoms with E-state index in [2.05, 4.69) is 5.32 Å². The Balaban J connectivity index is 2.74. The quantitative estimate of drug-likeness (QED) is 0.794. The first-order valence-corrected chi connectivity index (χ1v) is 5.82. The van der Waals surface area contributed by atoms with Crippen LogP contribution in [0.25, 0.3) is 0 Å². The van der Waals surface area contributed by atoms with E-state index in [1.165, 1.54) is 0 Å². The fourth-order valence-corrected chi connectivity index (χ4v) is 2.09. The van der Waals surface area contributed by atoms with Crippen LogP contribution in [0.1, 0.15) is 40.5 Å². The van der Waals surface area contributed by atoms with E-state index in [0.29, 0.717) is 12.8 Å². The lowest BCUT2D eigenvalue weighted by atomic mass is 9.78. The molecule has 1 aliphatic heterocycles. The van der Waals surface area contributed by atoms with Crippen LogP contribution in [0, 0.1) is 11.3 Å². The molecule has 1 heterocycles. The molecule has 0 radical (unpaired) electrons. The van der Waals surface area contributed by atoms with Crippen molar-refractivity contribution >= 4 is 5.78 Å². The largest absolute Gasteiger partial charge is 0.299 e. The Kier molecular flexibility index (Phi) is 4.05. The molecule has 0 aromatic carbocycles. The zero-order chi connectivity index (χ0) is 12.5. The third-order valence-corrected chi connectivity index (χ3v) is 3.22. The zero-order valence-electron chi connectivity index (χ0n) is 10.4. The maximum atomic E-state index is 12.6. The van der Waals surface area contributed by atoms with Gasteiger partial charge in [-0.05, 0) is 18.8 Å². The third-order valence-electron chi connectivity index (χ3n) is 3.22. The highest BCUT2D eigenvalue weighted by molar-refractivity contribution is 5.89. The van der Waals surface area contributed by atoms with Crippen LogP contribution in [-0.4, -0.2) is 24.3 Å². The van der Waals surface area contributed by atoms with Gasteiger partial charge in [-0.15, -0.1) is 0 Å². The molecular formula is C12H21F2NO. The van der Waals surface area contributed by atoms with Crippen molar-refractivity contribution < 1.29 is 13.6 Å². The number of halogens is 2. The van der Waals surface area contributed by atoms with Gasteiger partial charge in [0, 0.05) is 5.41 Å². The van der Waals surface area contributed by atoms with E-state index in [0.717, 1.165) is 0 Å². The van der Waals surface area contributed by atoms with Crippen LogP contribution in [0.2, 0.25) is 0 Å². The van der Waals surface area contributed by atoms with Gasteiger partial charge in [0.2, 0.25) is 0 Å². The molecule has 3 unspecified atom stereocenters. The van der Waals surface area contributed by atoms with E-state index in [9.17, 15) is 13.6 Å². The van der Waals surface area contributed by atoms with Crippen molar-refractivity contribution in [1.82, 2.24) is 5.32 Å². The van der Waals surface area contributed by atoms with E-state index in [-0.39, 0.29) is 11.7 Å². The Labute approximate surface area is 95.8 Å². The summed E-state index contributed by atoms with van der Waals surface area (Å²) in [5.41, 5.74) is -0.476. The molecule has 1 saturated heterocycles. The van der Waals surface area contributed by atoms with Crippen LogP contribution < -0.4 is 5.32 Å². The summed E-state index contributed by atoms with van der Waals surface area (Å²) >= 11 is 0. The van der Waals surface area contributed by atoms with Crippen molar-refractivity contribution in [2.24, 2.45) is 11.3 Å². The third kappa shape index (κ3) is 3.00. The lowest BCUT2D eigenvalue weighted by Gasteiger charge is -2.37. The highest BCUT2D eigenvalue weighted by Crippen LogP contribution is 2.28. The summed E-state index contributed by atoms with van der Waals surface area (Å²) in [7, 11) is 0. The molecule has 0 amide bonds. The second-order valence-electron chi connectivity index (χ2n) is 5.75. The number of rotatable bonds is 2. The van der Waals surface area contributed by atoms with Gasteiger partial charge in [-0.25, -0.2) is 8.78 Å². The average molecular weight is 233 g/mol. The second-order valence-corrected chi connectivity index (χ2v) is 5.75. The van der Waals surface area contributed by atoms with Crippen molar-refractivity contribution in [1.29, 1.82) is 0 Å². The average Bonchev–Trinajstić information content (AvgIpc) is 2.15. The van der Waals surface area contributed by atoms with Gasteiger partial charge in [-0.3, -0.25) is 10.1 Å². The minimum absolute atomic E-state index is 0.0327. The molecule has 16 heavy (non-hydrogen) atoms. The number of carbonyl (C=O) groups is 1. The number of ketones is 1. The number of carbonyl (C=O) groups excluding carboxylic acids is 1. The van der Waals surface area contributed by atoms with Gasteiger partial charge < -0.3 is 0 Å². The molecule has 0 saturated carbocycles. The second kappa shape index (κ2) is 4.78. The van der Waals surface area contributed by atoms with Gasteiger partial charge in [-0.1, -0.05) is 27.7 Å². The summed E-state index contributed by atoms with van der Waals surface area (Å²) in [6.07, 6.45) is -1.25. The molecule has 1 rings (SSSR count). The van der Waals surface area contributed by atoms with E-state index >= 15 is 0 Å². The fourth-order valence-electron chi connectivity index (χ4n) is 2.09. The van der Waals surface area contributed by atoms with Crippen LogP contribution in [0.5, 0.6) is 0 Å². The summed E-state index contributed by atoms with van der Waals surface area (Å²) in [6.45, 7) is 7.43. The van der Waals surface area contributed by atoms with E-state index in [4.69, 9.17) is 0 Å². The van der Waals surface area contributed by atoms with Gasteiger partial charge in [0.15, 0.2) is 5.78 Å². The number of Topliss-reactive ketones (excluding diaryl/α,β-unsaturated/α-hetero) is 1. The molecule has 0 aliphatic carbocycles. The molecule has 0 aromatic rings. The summed E-state index contributed by atoms with van der Waals surface area (Å²) in [6, 6.07) is -1.25. The van der Waals surface area contributed by atoms with Crippen LogP contribution >= 0.6 is 0 Å². The summed E-state index contributed by atoms with van der Waals surface area (Å²) in [4.78, 5) is 12.1. The molecule has 1 fully saturated rings. The number of hydrogen-bond acceptors (Lipinski definition) is 2. The van der Waals surface area contributed by atoms with Crippen LogP contribution in [0.4, 0.5) is 8.78 Å². The van der Waals surface area contributed by atoms with Gasteiger partial charge in [0.25, 0.3) is 6.43 Å². The smallest absolute Gasteiger partial charge is 0.253 e. The minimum atomic E-state index is -2.39. The lowest BCUT2D eigenvalue weighted by molar-refractivity contribution is -0.131. The highest BCUT2D eigenvalue weighted by atomic mass is 19.3. The Hall–Kier alpha value is -0.510. The van der Waals surface area contributed by atoms with Crippen molar-refractivity contribution in [2.75, 3.05) is 0 Å². The number of nitrogens with one attached hydrogen (secondary N) is 1. The monoisotopic (exact) mass is 233 g/mol. The number of piperidine rings is 1. The Morgan fingerprint density at radius 3 is 2.31 bits per heavy atom. The van der Waals surface area contributed by atoms with Crippen LogP contribution in [0.15, 0.2) is 0 Å². The molecule has 1 N–H and O–H groups in total. The van der Waals surface area contributed by atoms with Gasteiger partial charge in [0.05, 0.1) is 12.1 Å². The van der Waals surface area contributed by atoms with E-state index in [1.807, 2.05) is 27.7 Å². The maximum Gasteiger partial charge on any atom is 0.253 e. The molecule has 3 atom stereocenters. The maximum absolute atomic E-state index is 12.6. The summed E-state index contributed by atoms with van der Waals surface area (Å²) in [5.74, 6) is 0.173. The highest BCUT2D eigenvalue weighted by Gasteiger charge is 2.39. The number of alkyl halides is 2. The van der Waals surface area contributed by atoms with Crippen molar-refractivity contribution in [3.63, 3.8) is 0 Å². The SMILES string of the molecule is CC1CCC(C(F)F)NC1C(=O)C(C)(C)C. The lowest BCUT2D eigenvalue weighted by Crippen LogP contribution is -2.56. The van der Waals surface area contributed by atoms with Gasteiger partial charge >= 0.3 is 0 Å². The fraction of sp³-hybridized carbons (Fsp3) is 0.917. The predicted molar refractivity (Wildman–Crippen MR) is 59.6 cm³/mol. The topological polar surface area (TPSA) is 29.1 Å². The molecular weight excluding hydrogens is 212 g/mol. The van der Waals surface area contributed by atoms with Crippen LogP contribution in [-0.2, 0) is 4.79 Å². The summed E-state index contributed by atoms with van der Waals surface area (Å²) < 4.78 is 25.2. The number of hydrogen-bond donors (Lipinski definition) is 1. The molecule has 0 bridgehead atoms.